The highest BCUT2D eigenvalue weighted by Gasteiger charge is 2.24. The van der Waals surface area contributed by atoms with Gasteiger partial charge in [-0.25, -0.2) is 0 Å². The lowest BCUT2D eigenvalue weighted by atomic mass is 10.1. The van der Waals surface area contributed by atoms with Crippen molar-refractivity contribution in [1.82, 2.24) is 0 Å². The summed E-state index contributed by atoms with van der Waals surface area (Å²) >= 11 is 0. The van der Waals surface area contributed by atoms with Gasteiger partial charge in [-0.3, -0.25) is 4.99 Å². The fourth-order valence-electron chi connectivity index (χ4n) is 2.82. The standard InChI is InChI=1S/C19H39NSi/c1-6-11-13-14-16-20-17-19(15-12-7-2)18-21(8-3,9-4)10-5/h17-18H,6-16H2,1-5H3/b19-18-,20-17?. The third-order valence-corrected chi connectivity index (χ3v) is 10.0. The van der Waals surface area contributed by atoms with Crippen molar-refractivity contribution in [2.75, 3.05) is 6.54 Å². The molecule has 0 heterocycles. The number of rotatable bonds is 13. The SMILES string of the molecule is CCCCCCN=C/C(=C\[Si](CC)(CC)CC)CCCC. The van der Waals surface area contributed by atoms with E-state index in [-0.39, 0.29) is 0 Å². The van der Waals surface area contributed by atoms with Crippen LogP contribution in [0.25, 0.3) is 0 Å². The van der Waals surface area contributed by atoms with Crippen LogP contribution in [0, 0.1) is 0 Å². The highest BCUT2D eigenvalue weighted by atomic mass is 28.3. The molecule has 0 bridgehead atoms. The summed E-state index contributed by atoms with van der Waals surface area (Å²) in [5.41, 5.74) is 4.21. The molecular weight excluding hydrogens is 270 g/mol. The van der Waals surface area contributed by atoms with Gasteiger partial charge in [-0.05, 0) is 24.8 Å². The second kappa shape index (κ2) is 13.3. The first-order chi connectivity index (χ1) is 10.2. The van der Waals surface area contributed by atoms with E-state index in [1.54, 1.807) is 0 Å². The van der Waals surface area contributed by atoms with Crippen LogP contribution in [-0.4, -0.2) is 20.8 Å². The topological polar surface area (TPSA) is 12.4 Å². The summed E-state index contributed by atoms with van der Waals surface area (Å²) < 4.78 is 0. The number of nitrogens with zero attached hydrogens (tertiary/aromatic N) is 1. The molecule has 0 aromatic heterocycles. The van der Waals surface area contributed by atoms with E-state index in [4.69, 9.17) is 4.99 Å². The predicted molar refractivity (Wildman–Crippen MR) is 102 cm³/mol. The van der Waals surface area contributed by atoms with Crippen LogP contribution < -0.4 is 0 Å². The van der Waals surface area contributed by atoms with E-state index in [0.717, 1.165) is 6.54 Å². The molecule has 0 N–H and O–H groups in total. The zero-order chi connectivity index (χ0) is 16.0. The molecule has 0 aliphatic rings. The van der Waals surface area contributed by atoms with Gasteiger partial charge in [0.2, 0.25) is 0 Å². The Bertz CT molecular complexity index is 282. The Morgan fingerprint density at radius 1 is 0.810 bits per heavy atom. The first-order valence-corrected chi connectivity index (χ1v) is 12.1. The van der Waals surface area contributed by atoms with E-state index >= 15 is 0 Å². The second-order valence-corrected chi connectivity index (χ2v) is 11.5. The monoisotopic (exact) mass is 309 g/mol. The molecule has 0 fully saturated rings. The molecule has 1 nitrogen and oxygen atoms in total. The minimum absolute atomic E-state index is 1.02. The number of hydrogen-bond donors (Lipinski definition) is 0. The Kier molecular flexibility index (Phi) is 13.1. The molecule has 0 aromatic carbocycles. The molecule has 0 radical (unpaired) electrons. The fraction of sp³-hybridized carbons (Fsp3) is 0.842. The molecule has 0 aliphatic heterocycles. The molecule has 0 amide bonds. The largest absolute Gasteiger partial charge is 0.293 e. The second-order valence-electron chi connectivity index (χ2n) is 6.34. The number of unbranched alkanes of at least 4 members (excludes halogenated alkanes) is 4. The van der Waals surface area contributed by atoms with E-state index in [0.29, 0.717) is 0 Å². The normalized spacial score (nSPS) is 13.3. The van der Waals surface area contributed by atoms with Crippen molar-refractivity contribution in [3.8, 4) is 0 Å². The van der Waals surface area contributed by atoms with Gasteiger partial charge in [-0.15, -0.1) is 0 Å². The Balaban J connectivity index is 4.65. The molecule has 0 atom stereocenters. The van der Waals surface area contributed by atoms with Crippen LogP contribution in [0.1, 0.15) is 79.6 Å². The van der Waals surface area contributed by atoms with Gasteiger partial charge in [0.1, 0.15) is 0 Å². The minimum Gasteiger partial charge on any atom is -0.293 e. The third-order valence-electron chi connectivity index (χ3n) is 4.82. The van der Waals surface area contributed by atoms with Gasteiger partial charge in [0.05, 0.1) is 8.07 Å². The van der Waals surface area contributed by atoms with Crippen LogP contribution in [0.15, 0.2) is 16.3 Å². The number of aliphatic imine (C=N–C) groups is 1. The molecule has 0 aliphatic carbocycles. The van der Waals surface area contributed by atoms with E-state index in [9.17, 15) is 0 Å². The Hall–Kier alpha value is -0.373. The van der Waals surface area contributed by atoms with Gasteiger partial charge >= 0.3 is 0 Å². The molecule has 0 saturated heterocycles. The lowest BCUT2D eigenvalue weighted by Crippen LogP contribution is -2.29. The third kappa shape index (κ3) is 9.29. The van der Waals surface area contributed by atoms with Gasteiger partial charge < -0.3 is 0 Å². The molecule has 124 valence electrons. The van der Waals surface area contributed by atoms with Crippen molar-refractivity contribution in [2.45, 2.75) is 97.7 Å². The van der Waals surface area contributed by atoms with Crippen LogP contribution in [-0.2, 0) is 0 Å². The molecule has 0 saturated carbocycles. The van der Waals surface area contributed by atoms with Crippen LogP contribution in [0.3, 0.4) is 0 Å². The van der Waals surface area contributed by atoms with Gasteiger partial charge in [0, 0.05) is 12.8 Å². The lowest BCUT2D eigenvalue weighted by molar-refractivity contribution is 0.675. The van der Waals surface area contributed by atoms with Gasteiger partial charge in [-0.1, -0.05) is 84.1 Å². The molecule has 0 aromatic rings. The van der Waals surface area contributed by atoms with Crippen molar-refractivity contribution >= 4 is 14.3 Å². The van der Waals surface area contributed by atoms with E-state index in [2.05, 4.69) is 46.5 Å². The van der Waals surface area contributed by atoms with Crippen LogP contribution in [0.4, 0.5) is 0 Å². The fourth-order valence-corrected chi connectivity index (χ4v) is 5.93. The van der Waals surface area contributed by atoms with E-state index in [1.807, 2.05) is 0 Å². The quantitative estimate of drug-likeness (QED) is 0.201. The summed E-state index contributed by atoms with van der Waals surface area (Å²) in [6.07, 6.45) is 11.3. The van der Waals surface area contributed by atoms with Crippen molar-refractivity contribution in [3.63, 3.8) is 0 Å². The van der Waals surface area contributed by atoms with Crippen molar-refractivity contribution in [3.05, 3.63) is 11.3 Å². The summed E-state index contributed by atoms with van der Waals surface area (Å²) in [7, 11) is -1.16. The van der Waals surface area contributed by atoms with Crippen molar-refractivity contribution in [1.29, 1.82) is 0 Å². The molecule has 2 heteroatoms. The van der Waals surface area contributed by atoms with Gasteiger partial charge in [0.25, 0.3) is 0 Å². The summed E-state index contributed by atoms with van der Waals surface area (Å²) in [4.78, 5) is 4.71. The maximum atomic E-state index is 4.71. The Morgan fingerprint density at radius 3 is 1.95 bits per heavy atom. The van der Waals surface area contributed by atoms with Crippen LogP contribution in [0.2, 0.25) is 18.1 Å². The Morgan fingerprint density at radius 2 is 1.43 bits per heavy atom. The van der Waals surface area contributed by atoms with Crippen molar-refractivity contribution < 1.29 is 0 Å². The highest BCUT2D eigenvalue weighted by Crippen LogP contribution is 2.24. The maximum absolute atomic E-state index is 4.71. The summed E-state index contributed by atoms with van der Waals surface area (Å²) in [6, 6.07) is 4.12. The summed E-state index contributed by atoms with van der Waals surface area (Å²) in [5, 5.41) is 0. The molecule has 21 heavy (non-hydrogen) atoms. The zero-order valence-electron chi connectivity index (χ0n) is 15.4. The molecule has 0 rings (SSSR count). The predicted octanol–water partition coefficient (Wildman–Crippen LogP) is 6.80. The summed E-state index contributed by atoms with van der Waals surface area (Å²) in [5.74, 6) is 0. The number of allylic oxidation sites excluding steroid dienone is 1. The average Bonchev–Trinajstić information content (AvgIpc) is 2.53. The van der Waals surface area contributed by atoms with Crippen LogP contribution >= 0.6 is 0 Å². The maximum Gasteiger partial charge on any atom is 0.0774 e. The molecular formula is C19H39NSi. The zero-order valence-corrected chi connectivity index (χ0v) is 16.4. The van der Waals surface area contributed by atoms with Gasteiger partial charge in [-0.2, -0.15) is 0 Å². The van der Waals surface area contributed by atoms with E-state index in [1.165, 1.54) is 68.7 Å². The minimum atomic E-state index is -1.16. The smallest absolute Gasteiger partial charge is 0.0774 e. The highest BCUT2D eigenvalue weighted by molar-refractivity contribution is 6.84. The first-order valence-electron chi connectivity index (χ1n) is 9.39. The van der Waals surface area contributed by atoms with E-state index < -0.39 is 8.07 Å². The van der Waals surface area contributed by atoms with Crippen LogP contribution in [0.5, 0.6) is 0 Å². The average molecular weight is 310 g/mol. The molecule has 0 spiro atoms. The van der Waals surface area contributed by atoms with Crippen molar-refractivity contribution in [2.24, 2.45) is 4.99 Å². The Labute approximate surface area is 135 Å². The first kappa shape index (κ1) is 20.6. The lowest BCUT2D eigenvalue weighted by Gasteiger charge is -2.25. The number of hydrogen-bond acceptors (Lipinski definition) is 1. The summed E-state index contributed by atoms with van der Waals surface area (Å²) in [6.45, 7) is 12.7. The van der Waals surface area contributed by atoms with Gasteiger partial charge in [0.15, 0.2) is 0 Å². The molecule has 0 unspecified atom stereocenters.